The summed E-state index contributed by atoms with van der Waals surface area (Å²) in [4.78, 5) is 0. The molecule has 0 aliphatic rings. The molecule has 1 aromatic carbocycles. The molecule has 18 heavy (non-hydrogen) atoms. The molecular weight excluding hydrogens is 226 g/mol. The van der Waals surface area contributed by atoms with E-state index in [0.29, 0.717) is 11.8 Å². The lowest BCUT2D eigenvalue weighted by Gasteiger charge is -2.22. The fraction of sp³-hybridized carbons (Fsp3) is 0.600. The van der Waals surface area contributed by atoms with Crippen molar-refractivity contribution in [1.82, 2.24) is 0 Å². The van der Waals surface area contributed by atoms with Gasteiger partial charge >= 0.3 is 0 Å². The average Bonchev–Trinajstić information content (AvgIpc) is 2.42. The third-order valence-electron chi connectivity index (χ3n) is 3.54. The van der Waals surface area contributed by atoms with Gasteiger partial charge in [-0.15, -0.1) is 0 Å². The van der Waals surface area contributed by atoms with Gasteiger partial charge in [0.25, 0.3) is 0 Å². The highest BCUT2D eigenvalue weighted by atomic mass is 16.5. The van der Waals surface area contributed by atoms with E-state index in [1.54, 1.807) is 14.2 Å². The van der Waals surface area contributed by atoms with Crippen molar-refractivity contribution < 1.29 is 9.47 Å². The molecule has 0 amide bonds. The van der Waals surface area contributed by atoms with Gasteiger partial charge in [-0.1, -0.05) is 19.1 Å². The molecule has 2 N–H and O–H groups in total. The summed E-state index contributed by atoms with van der Waals surface area (Å²) < 4.78 is 10.3. The molecule has 0 radical (unpaired) electrons. The lowest BCUT2D eigenvalue weighted by molar-refractivity contribution is 0.166. The number of ether oxygens (including phenoxy) is 2. The Bertz CT molecular complexity index is 324. The quantitative estimate of drug-likeness (QED) is 0.772. The highest BCUT2D eigenvalue weighted by Gasteiger charge is 2.16. The number of nitrogens with two attached hydrogens (primary N) is 1. The fourth-order valence-corrected chi connectivity index (χ4v) is 2.12. The molecule has 2 atom stereocenters. The van der Waals surface area contributed by atoms with Gasteiger partial charge < -0.3 is 15.2 Å². The van der Waals surface area contributed by atoms with Gasteiger partial charge in [-0.25, -0.2) is 0 Å². The minimum Gasteiger partial charge on any atom is -0.497 e. The summed E-state index contributed by atoms with van der Waals surface area (Å²) in [5.41, 5.74) is 7.20. The Morgan fingerprint density at radius 2 is 1.83 bits per heavy atom. The van der Waals surface area contributed by atoms with Crippen LogP contribution in [0, 0.1) is 11.8 Å². The summed E-state index contributed by atoms with van der Waals surface area (Å²) in [6, 6.07) is 8.24. The van der Waals surface area contributed by atoms with E-state index in [-0.39, 0.29) is 0 Å². The first-order chi connectivity index (χ1) is 8.71. The first-order valence-electron chi connectivity index (χ1n) is 6.53. The summed E-state index contributed by atoms with van der Waals surface area (Å²) in [7, 11) is 3.43. The van der Waals surface area contributed by atoms with Crippen LogP contribution in [0.4, 0.5) is 0 Å². The molecule has 2 unspecified atom stereocenters. The van der Waals surface area contributed by atoms with Crippen LogP contribution in [0.1, 0.15) is 18.9 Å². The molecule has 0 bridgehead atoms. The Hall–Kier alpha value is -1.06. The second kappa shape index (κ2) is 8.11. The van der Waals surface area contributed by atoms with E-state index < -0.39 is 0 Å². The molecule has 0 heterocycles. The molecule has 0 aromatic heterocycles. The second-order valence-corrected chi connectivity index (χ2v) is 4.81. The van der Waals surface area contributed by atoms with E-state index in [9.17, 15) is 0 Å². The van der Waals surface area contributed by atoms with Crippen LogP contribution in [-0.2, 0) is 11.2 Å². The molecule has 3 nitrogen and oxygen atoms in total. The maximum Gasteiger partial charge on any atom is 0.118 e. The van der Waals surface area contributed by atoms with E-state index in [4.69, 9.17) is 15.2 Å². The van der Waals surface area contributed by atoms with E-state index in [1.165, 1.54) is 5.56 Å². The predicted molar refractivity (Wildman–Crippen MR) is 74.9 cm³/mol. The van der Waals surface area contributed by atoms with Crippen LogP contribution in [0.2, 0.25) is 0 Å². The predicted octanol–water partition coefficient (Wildman–Crippen LogP) is 2.49. The average molecular weight is 251 g/mol. The minimum absolute atomic E-state index is 0.508. The van der Waals surface area contributed by atoms with Crippen molar-refractivity contribution in [2.45, 2.75) is 19.8 Å². The van der Waals surface area contributed by atoms with Crippen LogP contribution in [0.15, 0.2) is 24.3 Å². The van der Waals surface area contributed by atoms with Crippen molar-refractivity contribution in [2.75, 3.05) is 27.4 Å². The van der Waals surface area contributed by atoms with Crippen LogP contribution < -0.4 is 10.5 Å². The molecule has 0 spiro atoms. The van der Waals surface area contributed by atoms with Gasteiger partial charge in [0, 0.05) is 13.7 Å². The van der Waals surface area contributed by atoms with Gasteiger partial charge in [0.2, 0.25) is 0 Å². The summed E-state index contributed by atoms with van der Waals surface area (Å²) in [5.74, 6) is 1.99. The van der Waals surface area contributed by atoms with Crippen LogP contribution in [0.25, 0.3) is 0 Å². The molecule has 1 rings (SSSR count). The molecule has 1 aromatic rings. The zero-order valence-electron chi connectivity index (χ0n) is 11.7. The molecule has 0 saturated heterocycles. The number of rotatable bonds is 8. The van der Waals surface area contributed by atoms with Gasteiger partial charge in [0.15, 0.2) is 0 Å². The molecule has 0 aliphatic carbocycles. The second-order valence-electron chi connectivity index (χ2n) is 4.81. The molecule has 3 heteroatoms. The first kappa shape index (κ1) is 15.0. The smallest absolute Gasteiger partial charge is 0.118 e. The Balaban J connectivity index is 2.55. The molecular formula is C15H25NO2. The third kappa shape index (κ3) is 4.67. The van der Waals surface area contributed by atoms with Crippen molar-refractivity contribution in [3.8, 4) is 5.75 Å². The Morgan fingerprint density at radius 1 is 1.17 bits per heavy atom. The fourth-order valence-electron chi connectivity index (χ4n) is 2.12. The monoisotopic (exact) mass is 251 g/mol. The summed E-state index contributed by atoms with van der Waals surface area (Å²) in [6.45, 7) is 3.78. The van der Waals surface area contributed by atoms with Gasteiger partial charge in [-0.2, -0.15) is 0 Å². The topological polar surface area (TPSA) is 44.5 Å². The SMILES string of the molecule is COCCC(C)C(CN)Cc1ccc(OC)cc1. The van der Waals surface area contributed by atoms with Crippen molar-refractivity contribution in [3.63, 3.8) is 0 Å². The Labute approximate surface area is 110 Å². The number of benzene rings is 1. The van der Waals surface area contributed by atoms with Crippen LogP contribution in [-0.4, -0.2) is 27.4 Å². The van der Waals surface area contributed by atoms with Crippen molar-refractivity contribution >= 4 is 0 Å². The summed E-state index contributed by atoms with van der Waals surface area (Å²) in [5, 5.41) is 0. The zero-order chi connectivity index (χ0) is 13.4. The normalized spacial score (nSPS) is 14.2. The maximum atomic E-state index is 5.88. The number of methoxy groups -OCH3 is 2. The summed E-state index contributed by atoms with van der Waals surface area (Å²) >= 11 is 0. The number of hydrogen-bond acceptors (Lipinski definition) is 3. The Morgan fingerprint density at radius 3 is 2.33 bits per heavy atom. The van der Waals surface area contributed by atoms with Crippen LogP contribution >= 0.6 is 0 Å². The lowest BCUT2D eigenvalue weighted by atomic mass is 9.86. The van der Waals surface area contributed by atoms with Crippen molar-refractivity contribution in [1.29, 1.82) is 0 Å². The van der Waals surface area contributed by atoms with Crippen LogP contribution in [0.3, 0.4) is 0 Å². The summed E-state index contributed by atoms with van der Waals surface area (Å²) in [6.07, 6.45) is 2.08. The van der Waals surface area contributed by atoms with Crippen LogP contribution in [0.5, 0.6) is 5.75 Å². The highest BCUT2D eigenvalue weighted by molar-refractivity contribution is 5.27. The van der Waals surface area contributed by atoms with Gasteiger partial charge in [0.1, 0.15) is 5.75 Å². The highest BCUT2D eigenvalue weighted by Crippen LogP contribution is 2.21. The first-order valence-corrected chi connectivity index (χ1v) is 6.53. The largest absolute Gasteiger partial charge is 0.497 e. The molecule has 0 aliphatic heterocycles. The number of hydrogen-bond donors (Lipinski definition) is 1. The minimum atomic E-state index is 0.508. The molecule has 0 fully saturated rings. The zero-order valence-corrected chi connectivity index (χ0v) is 11.7. The standard InChI is InChI=1S/C15H25NO2/c1-12(8-9-17-2)14(11-16)10-13-4-6-15(18-3)7-5-13/h4-7,12,14H,8-11,16H2,1-3H3. The van der Waals surface area contributed by atoms with E-state index >= 15 is 0 Å². The lowest BCUT2D eigenvalue weighted by Crippen LogP contribution is -2.24. The van der Waals surface area contributed by atoms with Crippen molar-refractivity contribution in [3.05, 3.63) is 29.8 Å². The maximum absolute atomic E-state index is 5.88. The third-order valence-corrected chi connectivity index (χ3v) is 3.54. The van der Waals surface area contributed by atoms with Gasteiger partial charge in [0.05, 0.1) is 7.11 Å². The Kier molecular flexibility index (Phi) is 6.76. The van der Waals surface area contributed by atoms with Gasteiger partial charge in [-0.3, -0.25) is 0 Å². The van der Waals surface area contributed by atoms with E-state index in [0.717, 1.165) is 31.7 Å². The van der Waals surface area contributed by atoms with Crippen molar-refractivity contribution in [2.24, 2.45) is 17.6 Å². The molecule has 0 saturated carbocycles. The van der Waals surface area contributed by atoms with E-state index in [2.05, 4.69) is 19.1 Å². The molecule has 102 valence electrons. The van der Waals surface area contributed by atoms with Gasteiger partial charge in [-0.05, 0) is 48.9 Å². The van der Waals surface area contributed by atoms with E-state index in [1.807, 2.05) is 12.1 Å².